The number of ether oxygens (including phenoxy) is 1. The van der Waals surface area contributed by atoms with Gasteiger partial charge in [-0.25, -0.2) is 4.79 Å². The molecule has 0 heterocycles. The van der Waals surface area contributed by atoms with Gasteiger partial charge >= 0.3 is 5.97 Å². The molecule has 4 heteroatoms. The molecule has 0 aromatic carbocycles. The van der Waals surface area contributed by atoms with Gasteiger partial charge in [0.25, 0.3) is 0 Å². The quantitative estimate of drug-likeness (QED) is 0.338. The minimum atomic E-state index is -0.869. The molecule has 0 radical (unpaired) electrons. The lowest BCUT2D eigenvalue weighted by atomic mass is 10.4. The molecule has 0 bridgehead atoms. The molecule has 60 valence electrons. The van der Waals surface area contributed by atoms with Crippen molar-refractivity contribution in [1.29, 1.82) is 0 Å². The highest BCUT2D eigenvalue weighted by molar-refractivity contribution is 5.65. The summed E-state index contributed by atoms with van der Waals surface area (Å²) in [6, 6.07) is 0. The van der Waals surface area contributed by atoms with Crippen molar-refractivity contribution in [3.63, 3.8) is 0 Å². The summed E-state index contributed by atoms with van der Waals surface area (Å²) < 4.78 is 4.79. The minimum absolute atomic E-state index is 0.495. The topological polar surface area (TPSA) is 44.8 Å². The zero-order valence-corrected chi connectivity index (χ0v) is 6.63. The highest BCUT2D eigenvalue weighted by Crippen LogP contribution is 2.08. The molecule has 0 fully saturated rings. The molecular formula is C6H12O4. The number of hydrogen-bond donors (Lipinski definition) is 0. The Morgan fingerprint density at radius 3 is 2.20 bits per heavy atom. The van der Waals surface area contributed by atoms with Gasteiger partial charge in [-0.05, 0) is 13.8 Å². The molecule has 10 heavy (non-hydrogen) atoms. The fourth-order valence-corrected chi connectivity index (χ4v) is 0.193. The monoisotopic (exact) mass is 148 g/mol. The molecule has 4 nitrogen and oxygen atoms in total. The van der Waals surface area contributed by atoms with Gasteiger partial charge in [0, 0.05) is 14.0 Å². The van der Waals surface area contributed by atoms with Crippen molar-refractivity contribution in [3.8, 4) is 0 Å². The van der Waals surface area contributed by atoms with Gasteiger partial charge in [-0.15, -0.1) is 0 Å². The summed E-state index contributed by atoms with van der Waals surface area (Å²) in [6.45, 7) is 4.53. The van der Waals surface area contributed by atoms with Crippen molar-refractivity contribution in [2.24, 2.45) is 0 Å². The fraction of sp³-hybridized carbons (Fsp3) is 0.833. The second kappa shape index (κ2) is 3.53. The Labute approximate surface area is 60.0 Å². The van der Waals surface area contributed by atoms with E-state index in [9.17, 15) is 4.79 Å². The lowest BCUT2D eigenvalue weighted by molar-refractivity contribution is -0.386. The van der Waals surface area contributed by atoms with E-state index in [2.05, 4.69) is 9.78 Å². The summed E-state index contributed by atoms with van der Waals surface area (Å²) in [5.41, 5.74) is 0. The molecule has 0 saturated heterocycles. The van der Waals surface area contributed by atoms with Crippen LogP contribution in [0.4, 0.5) is 0 Å². The van der Waals surface area contributed by atoms with Gasteiger partial charge in [-0.2, -0.15) is 4.89 Å². The van der Waals surface area contributed by atoms with Crippen LogP contribution >= 0.6 is 0 Å². The van der Waals surface area contributed by atoms with Gasteiger partial charge in [-0.3, -0.25) is 4.89 Å². The van der Waals surface area contributed by atoms with E-state index in [0.717, 1.165) is 0 Å². The van der Waals surface area contributed by atoms with Crippen LogP contribution in [0.3, 0.4) is 0 Å². The second-order valence-electron chi connectivity index (χ2n) is 2.26. The molecule has 0 aliphatic rings. The maximum Gasteiger partial charge on any atom is 0.339 e. The zero-order chi connectivity index (χ0) is 8.20. The van der Waals surface area contributed by atoms with Gasteiger partial charge in [0.05, 0.1) is 0 Å². The van der Waals surface area contributed by atoms with E-state index >= 15 is 0 Å². The maximum absolute atomic E-state index is 10.2. The van der Waals surface area contributed by atoms with Crippen molar-refractivity contribution < 1.29 is 19.3 Å². The molecule has 0 aromatic heterocycles. The van der Waals surface area contributed by atoms with Crippen molar-refractivity contribution in [2.75, 3.05) is 7.11 Å². The molecule has 0 atom stereocenters. The van der Waals surface area contributed by atoms with E-state index in [-0.39, 0.29) is 0 Å². The fourth-order valence-electron chi connectivity index (χ4n) is 0.193. The Bertz CT molecular complexity index is 119. The Kier molecular flexibility index (Phi) is 3.32. The van der Waals surface area contributed by atoms with Gasteiger partial charge in [0.15, 0.2) is 0 Å². The maximum atomic E-state index is 10.2. The lowest BCUT2D eigenvalue weighted by Crippen LogP contribution is -2.27. The highest BCUT2D eigenvalue weighted by atomic mass is 17.2. The molecule has 0 amide bonds. The summed E-state index contributed by atoms with van der Waals surface area (Å²) in [5.74, 6) is -1.36. The second-order valence-corrected chi connectivity index (χ2v) is 2.26. The van der Waals surface area contributed by atoms with Crippen LogP contribution in [-0.4, -0.2) is 18.9 Å². The molecular weight excluding hydrogens is 136 g/mol. The molecule has 0 saturated carbocycles. The third-order valence-corrected chi connectivity index (χ3v) is 0.851. The molecule has 0 aromatic rings. The number of rotatable bonds is 3. The van der Waals surface area contributed by atoms with E-state index in [0.29, 0.717) is 0 Å². The first-order valence-corrected chi connectivity index (χ1v) is 2.89. The summed E-state index contributed by atoms with van der Waals surface area (Å²) >= 11 is 0. The van der Waals surface area contributed by atoms with Crippen LogP contribution in [0.5, 0.6) is 0 Å². The molecule has 0 aliphatic carbocycles. The van der Waals surface area contributed by atoms with Crippen LogP contribution in [0.2, 0.25) is 0 Å². The van der Waals surface area contributed by atoms with Crippen molar-refractivity contribution in [2.45, 2.75) is 26.6 Å². The Morgan fingerprint density at radius 2 is 1.90 bits per heavy atom. The predicted molar refractivity (Wildman–Crippen MR) is 33.9 cm³/mol. The van der Waals surface area contributed by atoms with Crippen molar-refractivity contribution in [1.82, 2.24) is 0 Å². The Morgan fingerprint density at radius 1 is 1.40 bits per heavy atom. The first-order chi connectivity index (χ1) is 4.48. The van der Waals surface area contributed by atoms with Gasteiger partial charge in [0.2, 0.25) is 5.79 Å². The minimum Gasteiger partial charge on any atom is -0.350 e. The van der Waals surface area contributed by atoms with Crippen LogP contribution in [0.15, 0.2) is 0 Å². The summed E-state index contributed by atoms with van der Waals surface area (Å²) in [6.07, 6.45) is 0. The third kappa shape index (κ3) is 4.29. The Hall–Kier alpha value is -0.610. The first kappa shape index (κ1) is 9.39. The SMILES string of the molecule is COC(C)(C)OOC(C)=O. The van der Waals surface area contributed by atoms with E-state index in [4.69, 9.17) is 4.74 Å². The lowest BCUT2D eigenvalue weighted by Gasteiger charge is -2.19. The zero-order valence-electron chi connectivity index (χ0n) is 6.63. The van der Waals surface area contributed by atoms with Crippen LogP contribution in [0, 0.1) is 0 Å². The predicted octanol–water partition coefficient (Wildman–Crippen LogP) is 0.864. The van der Waals surface area contributed by atoms with Crippen molar-refractivity contribution >= 4 is 5.97 Å². The number of hydrogen-bond acceptors (Lipinski definition) is 4. The first-order valence-electron chi connectivity index (χ1n) is 2.89. The number of carbonyl (C=O) groups excluding carboxylic acids is 1. The average molecular weight is 148 g/mol. The van der Waals surface area contributed by atoms with Crippen LogP contribution in [0.1, 0.15) is 20.8 Å². The van der Waals surface area contributed by atoms with Crippen LogP contribution < -0.4 is 0 Å². The number of carbonyl (C=O) groups is 1. The van der Waals surface area contributed by atoms with E-state index in [1.807, 2.05) is 0 Å². The summed E-state index contributed by atoms with van der Waals surface area (Å²) in [7, 11) is 1.46. The number of methoxy groups -OCH3 is 1. The largest absolute Gasteiger partial charge is 0.350 e. The van der Waals surface area contributed by atoms with E-state index in [1.165, 1.54) is 14.0 Å². The average Bonchev–Trinajstić information content (AvgIpc) is 1.85. The van der Waals surface area contributed by atoms with Crippen molar-refractivity contribution in [3.05, 3.63) is 0 Å². The molecule has 0 unspecified atom stereocenters. The normalized spacial score (nSPS) is 11.2. The van der Waals surface area contributed by atoms with E-state index in [1.54, 1.807) is 13.8 Å². The molecule has 0 spiro atoms. The third-order valence-electron chi connectivity index (χ3n) is 0.851. The van der Waals surface area contributed by atoms with Gasteiger partial charge < -0.3 is 4.74 Å². The smallest absolute Gasteiger partial charge is 0.339 e. The van der Waals surface area contributed by atoms with E-state index < -0.39 is 11.8 Å². The van der Waals surface area contributed by atoms with Gasteiger partial charge in [0.1, 0.15) is 0 Å². The van der Waals surface area contributed by atoms with Gasteiger partial charge in [-0.1, -0.05) is 0 Å². The van der Waals surface area contributed by atoms with Crippen LogP contribution in [0.25, 0.3) is 0 Å². The van der Waals surface area contributed by atoms with Crippen LogP contribution in [-0.2, 0) is 19.3 Å². The molecule has 0 N–H and O–H groups in total. The Balaban J connectivity index is 3.56. The summed E-state index contributed by atoms with van der Waals surface area (Å²) in [5, 5.41) is 0. The highest BCUT2D eigenvalue weighted by Gasteiger charge is 2.19. The summed E-state index contributed by atoms with van der Waals surface area (Å²) in [4.78, 5) is 19.0. The molecule has 0 aliphatic heterocycles. The standard InChI is InChI=1S/C6H12O4/c1-5(7)9-10-6(2,3)8-4/h1-4H3. The molecule has 0 rings (SSSR count).